The van der Waals surface area contributed by atoms with E-state index in [0.29, 0.717) is 0 Å². The molecule has 1 atom stereocenters. The number of nitrogens with one attached hydrogen (secondary N) is 1. The number of hydrogen-bond donors (Lipinski definition) is 2. The molecule has 2 N–H and O–H groups in total. The van der Waals surface area contributed by atoms with E-state index in [1.54, 1.807) is 19.1 Å². The van der Waals surface area contributed by atoms with Gasteiger partial charge < -0.3 is 15.2 Å². The highest BCUT2D eigenvalue weighted by Crippen LogP contribution is 2.19. The number of esters is 1. The fraction of sp³-hybridized carbons (Fsp3) is 0.308. The average molecular weight is 265 g/mol. The molecule has 102 valence electrons. The summed E-state index contributed by atoms with van der Waals surface area (Å²) in [5.74, 6) is -3.72. The number of carboxylic acid groups (broad SMARTS) is 1. The number of carboxylic acids is 1. The van der Waals surface area contributed by atoms with Crippen LogP contribution in [0.2, 0.25) is 0 Å². The molecule has 1 amide bonds. The SMILES string of the molecule is COC(=O)c1cc(C)ccc1NC(=O)C(C)C(=O)O. The predicted molar refractivity (Wildman–Crippen MR) is 67.9 cm³/mol. The van der Waals surface area contributed by atoms with Crippen molar-refractivity contribution in [2.45, 2.75) is 13.8 Å². The molecule has 0 bridgehead atoms. The number of carbonyl (C=O) groups is 3. The Labute approximate surface area is 110 Å². The lowest BCUT2D eigenvalue weighted by Gasteiger charge is -2.12. The molecule has 0 radical (unpaired) electrons. The third kappa shape index (κ3) is 3.54. The molecule has 0 fully saturated rings. The van der Waals surface area contributed by atoms with E-state index in [1.807, 2.05) is 0 Å². The first-order valence-corrected chi connectivity index (χ1v) is 5.59. The van der Waals surface area contributed by atoms with Crippen LogP contribution in [0.3, 0.4) is 0 Å². The number of aryl methyl sites for hydroxylation is 1. The van der Waals surface area contributed by atoms with Gasteiger partial charge in [0.1, 0.15) is 5.92 Å². The van der Waals surface area contributed by atoms with Crippen molar-refractivity contribution < 1.29 is 24.2 Å². The number of carbonyl (C=O) groups excluding carboxylic acids is 2. The van der Waals surface area contributed by atoms with Crippen molar-refractivity contribution >= 4 is 23.5 Å². The Kier molecular flexibility index (Phi) is 4.63. The summed E-state index contributed by atoms with van der Waals surface area (Å²) in [6.07, 6.45) is 0. The topological polar surface area (TPSA) is 92.7 Å². The van der Waals surface area contributed by atoms with Gasteiger partial charge in [0, 0.05) is 0 Å². The van der Waals surface area contributed by atoms with Gasteiger partial charge >= 0.3 is 11.9 Å². The molecule has 0 spiro atoms. The van der Waals surface area contributed by atoms with Crippen LogP contribution in [0.4, 0.5) is 5.69 Å². The maximum Gasteiger partial charge on any atom is 0.339 e. The van der Waals surface area contributed by atoms with Gasteiger partial charge in [-0.05, 0) is 26.0 Å². The smallest absolute Gasteiger partial charge is 0.339 e. The average Bonchev–Trinajstić information content (AvgIpc) is 2.38. The Balaban J connectivity index is 3.04. The van der Waals surface area contributed by atoms with Crippen LogP contribution in [-0.2, 0) is 14.3 Å². The fourth-order valence-corrected chi connectivity index (χ4v) is 1.40. The Morgan fingerprint density at radius 3 is 2.47 bits per heavy atom. The number of hydrogen-bond acceptors (Lipinski definition) is 4. The maximum atomic E-state index is 11.7. The molecule has 6 heteroatoms. The summed E-state index contributed by atoms with van der Waals surface area (Å²) in [6, 6.07) is 4.80. The van der Waals surface area contributed by atoms with Gasteiger partial charge in [0.15, 0.2) is 0 Å². The number of ether oxygens (including phenoxy) is 1. The molecule has 0 aromatic heterocycles. The van der Waals surface area contributed by atoms with Crippen LogP contribution in [0.15, 0.2) is 18.2 Å². The minimum atomic E-state index is -1.23. The van der Waals surface area contributed by atoms with E-state index in [-0.39, 0.29) is 11.3 Å². The van der Waals surface area contributed by atoms with Crippen LogP contribution >= 0.6 is 0 Å². The van der Waals surface area contributed by atoms with Crippen molar-refractivity contribution in [1.29, 1.82) is 0 Å². The first-order chi connectivity index (χ1) is 8.86. The fourth-order valence-electron chi connectivity index (χ4n) is 1.40. The van der Waals surface area contributed by atoms with Crippen molar-refractivity contribution in [2.75, 3.05) is 12.4 Å². The Morgan fingerprint density at radius 1 is 1.32 bits per heavy atom. The lowest BCUT2D eigenvalue weighted by Crippen LogP contribution is -2.27. The minimum absolute atomic E-state index is 0.188. The van der Waals surface area contributed by atoms with Crippen LogP contribution in [0.25, 0.3) is 0 Å². The number of amides is 1. The Hall–Kier alpha value is -2.37. The van der Waals surface area contributed by atoms with Crippen LogP contribution < -0.4 is 5.32 Å². The van der Waals surface area contributed by atoms with E-state index in [9.17, 15) is 14.4 Å². The summed E-state index contributed by atoms with van der Waals surface area (Å²) in [7, 11) is 1.23. The molecule has 1 aromatic carbocycles. The third-order valence-corrected chi connectivity index (χ3v) is 2.60. The first kappa shape index (κ1) is 14.7. The molecular weight excluding hydrogens is 250 g/mol. The minimum Gasteiger partial charge on any atom is -0.481 e. The number of rotatable bonds is 4. The molecule has 0 aliphatic rings. The van der Waals surface area contributed by atoms with Gasteiger partial charge in [-0.1, -0.05) is 11.6 Å². The number of aliphatic carboxylic acids is 1. The van der Waals surface area contributed by atoms with Crippen LogP contribution in [-0.4, -0.2) is 30.1 Å². The first-order valence-electron chi connectivity index (χ1n) is 5.59. The largest absolute Gasteiger partial charge is 0.481 e. The van der Waals surface area contributed by atoms with E-state index >= 15 is 0 Å². The van der Waals surface area contributed by atoms with E-state index in [1.165, 1.54) is 20.1 Å². The monoisotopic (exact) mass is 265 g/mol. The quantitative estimate of drug-likeness (QED) is 0.634. The van der Waals surface area contributed by atoms with Crippen LogP contribution in [0.5, 0.6) is 0 Å². The van der Waals surface area contributed by atoms with Crippen molar-refractivity contribution in [3.05, 3.63) is 29.3 Å². The van der Waals surface area contributed by atoms with Gasteiger partial charge in [0.25, 0.3) is 0 Å². The predicted octanol–water partition coefficient (Wildman–Crippen LogP) is 1.44. The van der Waals surface area contributed by atoms with Gasteiger partial charge in [0.2, 0.25) is 5.91 Å². The summed E-state index contributed by atoms with van der Waals surface area (Å²) >= 11 is 0. The maximum absolute atomic E-state index is 11.7. The summed E-state index contributed by atoms with van der Waals surface area (Å²) in [6.45, 7) is 3.06. The number of benzene rings is 1. The van der Waals surface area contributed by atoms with E-state index in [2.05, 4.69) is 10.1 Å². The molecule has 0 heterocycles. The van der Waals surface area contributed by atoms with E-state index in [0.717, 1.165) is 5.56 Å². The molecule has 0 saturated carbocycles. The second-order valence-electron chi connectivity index (χ2n) is 4.09. The summed E-state index contributed by atoms with van der Waals surface area (Å²) < 4.78 is 4.61. The van der Waals surface area contributed by atoms with Crippen LogP contribution in [0.1, 0.15) is 22.8 Å². The molecule has 19 heavy (non-hydrogen) atoms. The van der Waals surface area contributed by atoms with Gasteiger partial charge in [-0.15, -0.1) is 0 Å². The molecule has 1 unspecified atom stereocenters. The zero-order valence-corrected chi connectivity index (χ0v) is 10.9. The zero-order chi connectivity index (χ0) is 14.6. The zero-order valence-electron chi connectivity index (χ0n) is 10.9. The molecule has 1 rings (SSSR count). The van der Waals surface area contributed by atoms with Gasteiger partial charge in [-0.25, -0.2) is 4.79 Å². The molecular formula is C13H15NO5. The summed E-state index contributed by atoms with van der Waals surface area (Å²) in [4.78, 5) is 33.9. The number of methoxy groups -OCH3 is 1. The van der Waals surface area contributed by atoms with E-state index < -0.39 is 23.8 Å². The van der Waals surface area contributed by atoms with Crippen molar-refractivity contribution in [1.82, 2.24) is 0 Å². The standard InChI is InChI=1S/C13H15NO5/c1-7-4-5-10(9(6-7)13(18)19-3)14-11(15)8(2)12(16)17/h4-6,8H,1-3H3,(H,14,15)(H,16,17). The van der Waals surface area contributed by atoms with Crippen LogP contribution in [0, 0.1) is 12.8 Å². The van der Waals surface area contributed by atoms with Gasteiger partial charge in [-0.2, -0.15) is 0 Å². The lowest BCUT2D eigenvalue weighted by atomic mass is 10.1. The molecule has 6 nitrogen and oxygen atoms in total. The Morgan fingerprint density at radius 2 is 1.95 bits per heavy atom. The second kappa shape index (κ2) is 5.99. The highest BCUT2D eigenvalue weighted by Gasteiger charge is 2.22. The number of anilines is 1. The van der Waals surface area contributed by atoms with Crippen molar-refractivity contribution in [3.63, 3.8) is 0 Å². The van der Waals surface area contributed by atoms with E-state index in [4.69, 9.17) is 5.11 Å². The molecule has 0 aliphatic heterocycles. The highest BCUT2D eigenvalue weighted by atomic mass is 16.5. The normalized spacial score (nSPS) is 11.5. The Bertz CT molecular complexity index is 524. The second-order valence-corrected chi connectivity index (χ2v) is 4.09. The summed E-state index contributed by atoms with van der Waals surface area (Å²) in [5.41, 5.74) is 1.24. The molecule has 1 aromatic rings. The van der Waals surface area contributed by atoms with Gasteiger partial charge in [0.05, 0.1) is 18.4 Å². The van der Waals surface area contributed by atoms with Crippen molar-refractivity contribution in [3.8, 4) is 0 Å². The third-order valence-electron chi connectivity index (χ3n) is 2.60. The lowest BCUT2D eigenvalue weighted by molar-refractivity contribution is -0.144. The molecule has 0 aliphatic carbocycles. The van der Waals surface area contributed by atoms with Gasteiger partial charge in [-0.3, -0.25) is 9.59 Å². The highest BCUT2D eigenvalue weighted by molar-refractivity contribution is 6.07. The summed E-state index contributed by atoms with van der Waals surface area (Å²) in [5, 5.41) is 11.2. The molecule has 0 saturated heterocycles. The van der Waals surface area contributed by atoms with Crippen molar-refractivity contribution in [2.24, 2.45) is 5.92 Å².